The number of hydrogen-bond donors (Lipinski definition) is 1. The molecular weight excluding hydrogens is 252 g/mol. The fourth-order valence-corrected chi connectivity index (χ4v) is 2.53. The first kappa shape index (κ1) is 13.1. The highest BCUT2D eigenvalue weighted by Gasteiger charge is 2.29. The number of imidazole rings is 1. The van der Waals surface area contributed by atoms with Gasteiger partial charge in [-0.1, -0.05) is 12.1 Å². The molecule has 0 spiro atoms. The quantitative estimate of drug-likeness (QED) is 0.888. The van der Waals surface area contributed by atoms with Crippen LogP contribution in [0.3, 0.4) is 0 Å². The molecule has 1 aromatic carbocycles. The van der Waals surface area contributed by atoms with Crippen LogP contribution in [0.15, 0.2) is 24.3 Å². The molecule has 1 fully saturated rings. The van der Waals surface area contributed by atoms with Crippen molar-refractivity contribution >= 4 is 16.9 Å². The Morgan fingerprint density at radius 2 is 2.20 bits per heavy atom. The third kappa shape index (κ3) is 2.41. The first-order chi connectivity index (χ1) is 9.70. The Morgan fingerprint density at radius 3 is 2.90 bits per heavy atom. The average Bonchev–Trinajstić information content (AvgIpc) is 3.24. The van der Waals surface area contributed by atoms with Gasteiger partial charge < -0.3 is 15.2 Å². The third-order valence-corrected chi connectivity index (χ3v) is 3.88. The van der Waals surface area contributed by atoms with Gasteiger partial charge in [-0.05, 0) is 31.5 Å². The standard InChI is InChI=1S/C15H20N4O/c1-18(11-6-7-11)15(20)10-19-13-5-3-2-4-12(13)17-14(19)8-9-16/h2-5,11H,6-10,16H2,1H3. The molecule has 5 nitrogen and oxygen atoms in total. The SMILES string of the molecule is CN(C(=O)Cn1c(CCN)nc2ccccc21)C1CC1. The van der Waals surface area contributed by atoms with E-state index in [4.69, 9.17) is 5.73 Å². The van der Waals surface area contributed by atoms with Crippen LogP contribution in [0.1, 0.15) is 18.7 Å². The Hall–Kier alpha value is -1.88. The predicted octanol–water partition coefficient (Wildman–Crippen LogP) is 1.16. The predicted molar refractivity (Wildman–Crippen MR) is 78.3 cm³/mol. The lowest BCUT2D eigenvalue weighted by atomic mass is 10.3. The zero-order valence-electron chi connectivity index (χ0n) is 11.7. The van der Waals surface area contributed by atoms with Crippen LogP contribution in [0.5, 0.6) is 0 Å². The minimum Gasteiger partial charge on any atom is -0.341 e. The highest BCUT2D eigenvalue weighted by molar-refractivity contribution is 5.81. The van der Waals surface area contributed by atoms with Crippen molar-refractivity contribution in [1.82, 2.24) is 14.5 Å². The van der Waals surface area contributed by atoms with Crippen LogP contribution >= 0.6 is 0 Å². The van der Waals surface area contributed by atoms with Crippen LogP contribution in [0.2, 0.25) is 0 Å². The van der Waals surface area contributed by atoms with Crippen molar-refractivity contribution in [2.75, 3.05) is 13.6 Å². The van der Waals surface area contributed by atoms with Gasteiger partial charge >= 0.3 is 0 Å². The molecule has 0 unspecified atom stereocenters. The van der Waals surface area contributed by atoms with Gasteiger partial charge in [0.1, 0.15) is 12.4 Å². The summed E-state index contributed by atoms with van der Waals surface area (Å²) in [5.41, 5.74) is 7.59. The molecule has 20 heavy (non-hydrogen) atoms. The van der Waals surface area contributed by atoms with Crippen molar-refractivity contribution in [3.63, 3.8) is 0 Å². The van der Waals surface area contributed by atoms with Crippen LogP contribution in [0, 0.1) is 0 Å². The lowest BCUT2D eigenvalue weighted by Gasteiger charge is -2.17. The topological polar surface area (TPSA) is 64.2 Å². The second kappa shape index (κ2) is 5.25. The van der Waals surface area contributed by atoms with E-state index in [0.29, 0.717) is 25.6 Å². The van der Waals surface area contributed by atoms with Crippen molar-refractivity contribution in [2.24, 2.45) is 5.73 Å². The number of aromatic nitrogens is 2. The van der Waals surface area contributed by atoms with Crippen LogP contribution < -0.4 is 5.73 Å². The van der Waals surface area contributed by atoms with Crippen LogP contribution in [0.25, 0.3) is 11.0 Å². The number of fused-ring (bicyclic) bond motifs is 1. The van der Waals surface area contributed by atoms with Gasteiger partial charge in [-0.25, -0.2) is 4.98 Å². The number of benzene rings is 1. The molecule has 1 aliphatic rings. The summed E-state index contributed by atoms with van der Waals surface area (Å²) >= 11 is 0. The Morgan fingerprint density at radius 1 is 1.45 bits per heavy atom. The number of likely N-dealkylation sites (N-methyl/N-ethyl adjacent to an activating group) is 1. The number of nitrogens with two attached hydrogens (primary N) is 1. The number of para-hydroxylation sites is 2. The lowest BCUT2D eigenvalue weighted by molar-refractivity contribution is -0.131. The van der Waals surface area contributed by atoms with Crippen LogP contribution in [-0.2, 0) is 17.8 Å². The summed E-state index contributed by atoms with van der Waals surface area (Å²) in [6.07, 6.45) is 2.94. The summed E-state index contributed by atoms with van der Waals surface area (Å²) in [6.45, 7) is 0.888. The van der Waals surface area contributed by atoms with Crippen molar-refractivity contribution in [1.29, 1.82) is 0 Å². The fraction of sp³-hybridized carbons (Fsp3) is 0.467. The van der Waals surface area contributed by atoms with Crippen molar-refractivity contribution in [2.45, 2.75) is 31.8 Å². The Kier molecular flexibility index (Phi) is 3.44. The number of amides is 1. The van der Waals surface area contributed by atoms with E-state index >= 15 is 0 Å². The summed E-state index contributed by atoms with van der Waals surface area (Å²) < 4.78 is 2.00. The van der Waals surface area contributed by atoms with E-state index in [9.17, 15) is 4.79 Å². The van der Waals surface area contributed by atoms with Crippen LogP contribution in [-0.4, -0.2) is 40.0 Å². The molecule has 106 valence electrons. The molecule has 0 radical (unpaired) electrons. The molecule has 1 saturated carbocycles. The smallest absolute Gasteiger partial charge is 0.242 e. The van der Waals surface area contributed by atoms with Gasteiger partial charge in [0, 0.05) is 19.5 Å². The fourth-order valence-electron chi connectivity index (χ4n) is 2.53. The molecule has 5 heteroatoms. The zero-order valence-corrected chi connectivity index (χ0v) is 11.7. The van der Waals surface area contributed by atoms with Gasteiger partial charge in [0.2, 0.25) is 5.91 Å². The van der Waals surface area contributed by atoms with Crippen molar-refractivity contribution in [3.05, 3.63) is 30.1 Å². The van der Waals surface area contributed by atoms with E-state index in [1.165, 1.54) is 0 Å². The molecule has 1 heterocycles. The Balaban J connectivity index is 1.91. The summed E-state index contributed by atoms with van der Waals surface area (Å²) in [5.74, 6) is 1.04. The lowest BCUT2D eigenvalue weighted by Crippen LogP contribution is -2.32. The van der Waals surface area contributed by atoms with Gasteiger partial charge in [0.15, 0.2) is 0 Å². The highest BCUT2D eigenvalue weighted by atomic mass is 16.2. The largest absolute Gasteiger partial charge is 0.341 e. The highest BCUT2D eigenvalue weighted by Crippen LogP contribution is 2.26. The molecule has 2 N–H and O–H groups in total. The maximum Gasteiger partial charge on any atom is 0.242 e. The zero-order chi connectivity index (χ0) is 14.1. The van der Waals surface area contributed by atoms with E-state index in [-0.39, 0.29) is 5.91 Å². The van der Waals surface area contributed by atoms with Gasteiger partial charge in [-0.2, -0.15) is 0 Å². The van der Waals surface area contributed by atoms with Crippen molar-refractivity contribution in [3.8, 4) is 0 Å². The summed E-state index contributed by atoms with van der Waals surface area (Å²) in [7, 11) is 1.89. The minimum absolute atomic E-state index is 0.147. The van der Waals surface area contributed by atoms with E-state index in [0.717, 1.165) is 29.7 Å². The van der Waals surface area contributed by atoms with Gasteiger partial charge in [-0.15, -0.1) is 0 Å². The Bertz CT molecular complexity index is 630. The summed E-state index contributed by atoms with van der Waals surface area (Å²) in [6, 6.07) is 8.36. The van der Waals surface area contributed by atoms with Gasteiger partial charge in [0.05, 0.1) is 11.0 Å². The molecule has 0 bridgehead atoms. The first-order valence-electron chi connectivity index (χ1n) is 7.10. The number of hydrogen-bond acceptors (Lipinski definition) is 3. The molecule has 0 aliphatic heterocycles. The number of carbonyl (C=O) groups is 1. The normalized spacial score (nSPS) is 14.7. The molecule has 0 atom stereocenters. The maximum atomic E-state index is 12.3. The summed E-state index contributed by atoms with van der Waals surface area (Å²) in [5, 5.41) is 0. The molecule has 1 aliphatic carbocycles. The number of carbonyl (C=O) groups excluding carboxylic acids is 1. The van der Waals surface area contributed by atoms with E-state index in [1.807, 2.05) is 40.8 Å². The van der Waals surface area contributed by atoms with E-state index < -0.39 is 0 Å². The van der Waals surface area contributed by atoms with Crippen molar-refractivity contribution < 1.29 is 4.79 Å². The van der Waals surface area contributed by atoms with Gasteiger partial charge in [-0.3, -0.25) is 4.79 Å². The second-order valence-corrected chi connectivity index (χ2v) is 5.38. The third-order valence-electron chi connectivity index (χ3n) is 3.88. The Labute approximate surface area is 118 Å². The summed E-state index contributed by atoms with van der Waals surface area (Å²) in [4.78, 5) is 18.8. The monoisotopic (exact) mass is 272 g/mol. The number of rotatable bonds is 5. The molecule has 2 aromatic rings. The van der Waals surface area contributed by atoms with E-state index in [2.05, 4.69) is 4.98 Å². The molecule has 1 amide bonds. The first-order valence-corrected chi connectivity index (χ1v) is 7.10. The van der Waals surface area contributed by atoms with Gasteiger partial charge in [0.25, 0.3) is 0 Å². The maximum absolute atomic E-state index is 12.3. The minimum atomic E-state index is 0.147. The second-order valence-electron chi connectivity index (χ2n) is 5.38. The van der Waals surface area contributed by atoms with E-state index in [1.54, 1.807) is 0 Å². The number of nitrogens with zero attached hydrogens (tertiary/aromatic N) is 3. The van der Waals surface area contributed by atoms with Crippen LogP contribution in [0.4, 0.5) is 0 Å². The molecular formula is C15H20N4O. The molecule has 3 rings (SSSR count). The average molecular weight is 272 g/mol. The molecule has 1 aromatic heterocycles. The molecule has 0 saturated heterocycles.